The Morgan fingerprint density at radius 3 is 3.00 bits per heavy atom. The van der Waals surface area contributed by atoms with E-state index in [0.29, 0.717) is 0 Å². The lowest BCUT2D eigenvalue weighted by molar-refractivity contribution is 0.403. The zero-order chi connectivity index (χ0) is 7.84. The summed E-state index contributed by atoms with van der Waals surface area (Å²) in [5, 5.41) is 0. The van der Waals surface area contributed by atoms with Crippen LogP contribution in [0.2, 0.25) is 0 Å². The van der Waals surface area contributed by atoms with Gasteiger partial charge in [-0.2, -0.15) is 0 Å². The molecular formula is C9H13NS. The molecule has 1 atom stereocenters. The molecule has 0 spiro atoms. The van der Waals surface area contributed by atoms with E-state index in [1.54, 1.807) is 0 Å². The third kappa shape index (κ3) is 1.20. The Kier molecular flexibility index (Phi) is 1.72. The first-order valence-corrected chi connectivity index (χ1v) is 5.06. The maximum absolute atomic E-state index is 4.35. The summed E-state index contributed by atoms with van der Waals surface area (Å²) >= 11 is 1.82. The van der Waals surface area contributed by atoms with Crippen LogP contribution in [0.3, 0.4) is 0 Å². The Hall–Kier alpha value is -0.370. The van der Waals surface area contributed by atoms with Gasteiger partial charge in [0.1, 0.15) is 0 Å². The molecule has 0 fully saturated rings. The molecule has 0 N–H and O–H groups in total. The van der Waals surface area contributed by atoms with Gasteiger partial charge in [-0.3, -0.25) is 0 Å². The quantitative estimate of drug-likeness (QED) is 0.626. The monoisotopic (exact) mass is 167 g/mol. The zero-order valence-corrected chi connectivity index (χ0v) is 7.82. The van der Waals surface area contributed by atoms with Gasteiger partial charge in [-0.15, -0.1) is 11.3 Å². The van der Waals surface area contributed by atoms with Crippen molar-refractivity contribution in [2.75, 3.05) is 0 Å². The van der Waals surface area contributed by atoms with Crippen LogP contribution in [0.4, 0.5) is 0 Å². The summed E-state index contributed by atoms with van der Waals surface area (Å²) in [5.74, 6) is 1.68. The number of nitrogens with zero attached hydrogens (tertiary/aromatic N) is 1. The molecule has 1 aromatic rings. The lowest BCUT2D eigenvalue weighted by Gasteiger charge is -2.11. The Bertz CT molecular complexity index is 231. The van der Waals surface area contributed by atoms with Gasteiger partial charge in [0.25, 0.3) is 0 Å². The van der Waals surface area contributed by atoms with Gasteiger partial charge in [0, 0.05) is 4.88 Å². The van der Waals surface area contributed by atoms with E-state index >= 15 is 0 Å². The van der Waals surface area contributed by atoms with E-state index in [9.17, 15) is 0 Å². The molecule has 0 radical (unpaired) electrons. The molecular weight excluding hydrogens is 154 g/mol. The summed E-state index contributed by atoms with van der Waals surface area (Å²) in [5.41, 5.74) is 3.34. The maximum Gasteiger partial charge on any atom is 0.0797 e. The normalized spacial score (nSPS) is 22.6. The van der Waals surface area contributed by atoms with Gasteiger partial charge < -0.3 is 0 Å². The molecule has 1 aromatic heterocycles. The van der Waals surface area contributed by atoms with Crippen molar-refractivity contribution in [3.63, 3.8) is 0 Å². The number of rotatable bonds is 1. The van der Waals surface area contributed by atoms with Crippen molar-refractivity contribution >= 4 is 11.3 Å². The SMILES string of the molecule is CC(C)C1Cc2ncsc2C1. The fourth-order valence-electron chi connectivity index (χ4n) is 1.66. The van der Waals surface area contributed by atoms with Crippen LogP contribution in [0.25, 0.3) is 0 Å². The smallest absolute Gasteiger partial charge is 0.0797 e. The van der Waals surface area contributed by atoms with Gasteiger partial charge >= 0.3 is 0 Å². The average Bonchev–Trinajstić information content (AvgIpc) is 2.40. The molecule has 1 unspecified atom stereocenters. The summed E-state index contributed by atoms with van der Waals surface area (Å²) < 4.78 is 0. The molecule has 1 nitrogen and oxygen atoms in total. The van der Waals surface area contributed by atoms with Crippen LogP contribution in [0.1, 0.15) is 24.4 Å². The van der Waals surface area contributed by atoms with Crippen molar-refractivity contribution in [2.24, 2.45) is 11.8 Å². The minimum absolute atomic E-state index is 0.816. The first-order valence-electron chi connectivity index (χ1n) is 4.18. The molecule has 1 aliphatic rings. The third-order valence-corrected chi connectivity index (χ3v) is 3.47. The van der Waals surface area contributed by atoms with E-state index in [0.717, 1.165) is 11.8 Å². The van der Waals surface area contributed by atoms with Crippen LogP contribution in [0.15, 0.2) is 5.51 Å². The lowest BCUT2D eigenvalue weighted by Crippen LogP contribution is -2.07. The van der Waals surface area contributed by atoms with Crippen molar-refractivity contribution in [1.29, 1.82) is 0 Å². The maximum atomic E-state index is 4.35. The molecule has 0 saturated carbocycles. The van der Waals surface area contributed by atoms with Crippen molar-refractivity contribution in [2.45, 2.75) is 26.7 Å². The minimum atomic E-state index is 0.816. The standard InChI is InChI=1S/C9H13NS/c1-6(2)7-3-8-9(4-7)11-5-10-8/h5-7H,3-4H2,1-2H3. The predicted molar refractivity (Wildman–Crippen MR) is 47.9 cm³/mol. The van der Waals surface area contributed by atoms with E-state index < -0.39 is 0 Å². The van der Waals surface area contributed by atoms with E-state index in [1.807, 2.05) is 16.8 Å². The molecule has 0 aromatic carbocycles. The Morgan fingerprint density at radius 1 is 1.55 bits per heavy atom. The summed E-state index contributed by atoms with van der Waals surface area (Å²) in [7, 11) is 0. The fraction of sp³-hybridized carbons (Fsp3) is 0.667. The number of fused-ring (bicyclic) bond motifs is 1. The molecule has 2 rings (SSSR count). The number of hydrogen-bond acceptors (Lipinski definition) is 2. The van der Waals surface area contributed by atoms with Crippen molar-refractivity contribution in [3.8, 4) is 0 Å². The lowest BCUT2D eigenvalue weighted by atomic mass is 9.94. The van der Waals surface area contributed by atoms with Crippen LogP contribution in [0.5, 0.6) is 0 Å². The molecule has 2 heteroatoms. The second-order valence-corrected chi connectivity index (χ2v) is 4.57. The van der Waals surface area contributed by atoms with Crippen LogP contribution in [0, 0.1) is 11.8 Å². The van der Waals surface area contributed by atoms with Gasteiger partial charge in [-0.1, -0.05) is 13.8 Å². The second-order valence-electron chi connectivity index (χ2n) is 3.63. The molecule has 1 heterocycles. The summed E-state index contributed by atoms with van der Waals surface area (Å²) in [6.45, 7) is 4.61. The van der Waals surface area contributed by atoms with Gasteiger partial charge in [0.2, 0.25) is 0 Å². The minimum Gasteiger partial charge on any atom is -0.249 e. The summed E-state index contributed by atoms with van der Waals surface area (Å²) in [4.78, 5) is 5.88. The molecule has 0 aliphatic heterocycles. The van der Waals surface area contributed by atoms with Crippen molar-refractivity contribution in [3.05, 3.63) is 16.1 Å². The Labute approximate surface area is 71.5 Å². The Morgan fingerprint density at radius 2 is 2.36 bits per heavy atom. The highest BCUT2D eigenvalue weighted by Crippen LogP contribution is 2.32. The highest BCUT2D eigenvalue weighted by atomic mass is 32.1. The van der Waals surface area contributed by atoms with Crippen LogP contribution >= 0.6 is 11.3 Å². The molecule has 0 saturated heterocycles. The number of thiazole rings is 1. The number of hydrogen-bond donors (Lipinski definition) is 0. The van der Waals surface area contributed by atoms with Crippen molar-refractivity contribution in [1.82, 2.24) is 4.98 Å². The summed E-state index contributed by atoms with van der Waals surface area (Å²) in [6, 6.07) is 0. The van der Waals surface area contributed by atoms with E-state index in [-0.39, 0.29) is 0 Å². The molecule has 1 aliphatic carbocycles. The molecule has 11 heavy (non-hydrogen) atoms. The van der Waals surface area contributed by atoms with Crippen LogP contribution in [-0.4, -0.2) is 4.98 Å². The highest BCUT2D eigenvalue weighted by Gasteiger charge is 2.25. The summed E-state index contributed by atoms with van der Waals surface area (Å²) in [6.07, 6.45) is 2.49. The topological polar surface area (TPSA) is 12.9 Å². The molecule has 60 valence electrons. The van der Waals surface area contributed by atoms with Crippen LogP contribution < -0.4 is 0 Å². The third-order valence-electron chi connectivity index (χ3n) is 2.57. The Balaban J connectivity index is 2.16. The van der Waals surface area contributed by atoms with Crippen molar-refractivity contribution < 1.29 is 0 Å². The van der Waals surface area contributed by atoms with Gasteiger partial charge in [-0.25, -0.2) is 4.98 Å². The average molecular weight is 167 g/mol. The number of aromatic nitrogens is 1. The second kappa shape index (κ2) is 2.59. The molecule has 0 amide bonds. The van der Waals surface area contributed by atoms with Crippen LogP contribution in [-0.2, 0) is 12.8 Å². The first kappa shape index (κ1) is 7.29. The van der Waals surface area contributed by atoms with Gasteiger partial charge in [-0.05, 0) is 24.7 Å². The van der Waals surface area contributed by atoms with E-state index in [4.69, 9.17) is 0 Å². The zero-order valence-electron chi connectivity index (χ0n) is 7.00. The predicted octanol–water partition coefficient (Wildman–Crippen LogP) is 2.51. The van der Waals surface area contributed by atoms with Gasteiger partial charge in [0.15, 0.2) is 0 Å². The van der Waals surface area contributed by atoms with E-state index in [2.05, 4.69) is 18.8 Å². The fourth-order valence-corrected chi connectivity index (χ4v) is 2.55. The molecule has 0 bridgehead atoms. The first-order chi connectivity index (χ1) is 5.27. The largest absolute Gasteiger partial charge is 0.249 e. The highest BCUT2D eigenvalue weighted by molar-refractivity contribution is 7.09. The van der Waals surface area contributed by atoms with Gasteiger partial charge in [0.05, 0.1) is 11.2 Å². The van der Waals surface area contributed by atoms with E-state index in [1.165, 1.54) is 23.4 Å².